The fourth-order valence-corrected chi connectivity index (χ4v) is 1.53. The minimum atomic E-state index is 0.0804. The van der Waals surface area contributed by atoms with Gasteiger partial charge >= 0.3 is 0 Å². The van der Waals surface area contributed by atoms with Crippen molar-refractivity contribution in [2.75, 3.05) is 12.4 Å². The van der Waals surface area contributed by atoms with Crippen molar-refractivity contribution in [1.29, 1.82) is 0 Å². The average molecular weight is 220 g/mol. The molecule has 1 aromatic rings. The molecule has 0 bridgehead atoms. The van der Waals surface area contributed by atoms with Crippen molar-refractivity contribution in [2.45, 2.75) is 26.2 Å². The number of nitrogens with one attached hydrogen (secondary N) is 2. The second-order valence-corrected chi connectivity index (χ2v) is 4.64. The van der Waals surface area contributed by atoms with E-state index in [0.717, 1.165) is 5.69 Å². The Labute approximate surface area is 96.9 Å². The van der Waals surface area contributed by atoms with Crippen molar-refractivity contribution in [3.8, 4) is 0 Å². The highest BCUT2D eigenvalue weighted by Gasteiger charge is 2.17. The van der Waals surface area contributed by atoms with Crippen LogP contribution in [0.1, 0.15) is 26.3 Å². The molecule has 16 heavy (non-hydrogen) atoms. The summed E-state index contributed by atoms with van der Waals surface area (Å²) in [5.74, 6) is 5.90. The van der Waals surface area contributed by atoms with Gasteiger partial charge in [-0.15, -0.1) is 0 Å². The second kappa shape index (κ2) is 4.99. The number of hydrazine groups is 1. The van der Waals surface area contributed by atoms with E-state index in [1.54, 1.807) is 7.05 Å². The van der Waals surface area contributed by atoms with E-state index in [4.69, 9.17) is 5.84 Å². The molecule has 0 aromatic heterocycles. The molecule has 0 radical (unpaired) electrons. The smallest absolute Gasteiger partial charge is 0.209 e. The van der Waals surface area contributed by atoms with Crippen LogP contribution in [0.5, 0.6) is 0 Å². The molecular weight excluding hydrogens is 200 g/mol. The fraction of sp³-hybridized carbons (Fsp3) is 0.417. The Balaban J connectivity index is 3.05. The first-order chi connectivity index (χ1) is 7.49. The minimum absolute atomic E-state index is 0.0804. The summed E-state index contributed by atoms with van der Waals surface area (Å²) in [6.45, 7) is 6.52. The molecule has 0 fully saturated rings. The van der Waals surface area contributed by atoms with E-state index < -0.39 is 0 Å². The molecule has 0 aliphatic heterocycles. The minimum Gasteiger partial charge on any atom is -0.325 e. The van der Waals surface area contributed by atoms with Gasteiger partial charge in [-0.3, -0.25) is 10.4 Å². The van der Waals surface area contributed by atoms with Gasteiger partial charge in [-0.1, -0.05) is 39.0 Å². The molecule has 0 atom stereocenters. The number of hydrogen-bond donors (Lipinski definition) is 3. The van der Waals surface area contributed by atoms with Gasteiger partial charge < -0.3 is 5.32 Å². The molecule has 0 spiro atoms. The van der Waals surface area contributed by atoms with Gasteiger partial charge in [0.1, 0.15) is 0 Å². The Hall–Kier alpha value is -1.55. The normalized spacial score (nSPS) is 12.4. The Kier molecular flexibility index (Phi) is 3.90. The Morgan fingerprint density at radius 2 is 1.88 bits per heavy atom. The maximum absolute atomic E-state index is 5.35. The number of benzene rings is 1. The number of para-hydroxylation sites is 1. The zero-order chi connectivity index (χ0) is 12.2. The van der Waals surface area contributed by atoms with Crippen LogP contribution in [-0.4, -0.2) is 13.0 Å². The third-order valence-corrected chi connectivity index (χ3v) is 2.35. The molecule has 0 heterocycles. The van der Waals surface area contributed by atoms with Gasteiger partial charge in [0.05, 0.1) is 0 Å². The van der Waals surface area contributed by atoms with Crippen molar-refractivity contribution >= 4 is 11.6 Å². The molecule has 0 saturated carbocycles. The predicted molar refractivity (Wildman–Crippen MR) is 69.4 cm³/mol. The van der Waals surface area contributed by atoms with Crippen molar-refractivity contribution in [2.24, 2.45) is 10.8 Å². The Morgan fingerprint density at radius 1 is 1.25 bits per heavy atom. The van der Waals surface area contributed by atoms with E-state index in [1.165, 1.54) is 5.56 Å². The summed E-state index contributed by atoms with van der Waals surface area (Å²) in [6, 6.07) is 8.14. The standard InChI is InChI=1S/C12H20N4/c1-12(2,3)9-7-5-6-8-10(9)15-11(14-4)16-13/h5-8H,13H2,1-4H3,(H2,14,15,16). The highest BCUT2D eigenvalue weighted by molar-refractivity contribution is 5.93. The van der Waals surface area contributed by atoms with E-state index >= 15 is 0 Å². The number of guanidine groups is 1. The molecule has 0 aliphatic carbocycles. The van der Waals surface area contributed by atoms with E-state index in [9.17, 15) is 0 Å². The quantitative estimate of drug-likeness (QED) is 0.293. The number of rotatable bonds is 1. The maximum atomic E-state index is 5.35. The van der Waals surface area contributed by atoms with Gasteiger partial charge in [0.25, 0.3) is 0 Å². The van der Waals surface area contributed by atoms with E-state index in [1.807, 2.05) is 18.2 Å². The summed E-state index contributed by atoms with van der Waals surface area (Å²) >= 11 is 0. The van der Waals surface area contributed by atoms with Gasteiger partial charge in [-0.25, -0.2) is 5.84 Å². The number of nitrogens with two attached hydrogens (primary N) is 1. The molecule has 4 nitrogen and oxygen atoms in total. The lowest BCUT2D eigenvalue weighted by Crippen LogP contribution is -2.36. The summed E-state index contributed by atoms with van der Waals surface area (Å²) in [5, 5.41) is 3.17. The molecule has 4 heteroatoms. The van der Waals surface area contributed by atoms with Crippen molar-refractivity contribution in [3.05, 3.63) is 29.8 Å². The monoisotopic (exact) mass is 220 g/mol. The van der Waals surface area contributed by atoms with Crippen molar-refractivity contribution in [1.82, 2.24) is 5.43 Å². The van der Waals surface area contributed by atoms with Crippen molar-refractivity contribution < 1.29 is 0 Å². The molecule has 0 amide bonds. The van der Waals surface area contributed by atoms with Crippen LogP contribution in [-0.2, 0) is 5.41 Å². The SMILES string of the molecule is CN=C(NN)Nc1ccccc1C(C)(C)C. The molecule has 4 N–H and O–H groups in total. The van der Waals surface area contributed by atoms with Crippen LogP contribution in [0.25, 0.3) is 0 Å². The molecule has 1 aromatic carbocycles. The fourth-order valence-electron chi connectivity index (χ4n) is 1.53. The summed E-state index contributed by atoms with van der Waals surface area (Å²) in [5.41, 5.74) is 4.85. The Morgan fingerprint density at radius 3 is 2.38 bits per heavy atom. The van der Waals surface area contributed by atoms with Crippen LogP contribution in [0.2, 0.25) is 0 Å². The molecule has 0 aliphatic rings. The highest BCUT2D eigenvalue weighted by Crippen LogP contribution is 2.28. The van der Waals surface area contributed by atoms with Crippen LogP contribution < -0.4 is 16.6 Å². The maximum Gasteiger partial charge on any atom is 0.209 e. The molecule has 88 valence electrons. The van der Waals surface area contributed by atoms with Crippen molar-refractivity contribution in [3.63, 3.8) is 0 Å². The molecule has 0 unspecified atom stereocenters. The molecule has 1 rings (SSSR count). The van der Waals surface area contributed by atoms with Crippen LogP contribution in [0.4, 0.5) is 5.69 Å². The summed E-state index contributed by atoms with van der Waals surface area (Å²) < 4.78 is 0. The largest absolute Gasteiger partial charge is 0.325 e. The van der Waals surface area contributed by atoms with Crippen LogP contribution >= 0.6 is 0 Å². The van der Waals surface area contributed by atoms with Crippen LogP contribution in [0.15, 0.2) is 29.3 Å². The third kappa shape index (κ3) is 2.97. The van der Waals surface area contributed by atoms with E-state index in [-0.39, 0.29) is 5.41 Å². The number of hydrogen-bond acceptors (Lipinski definition) is 2. The van der Waals surface area contributed by atoms with Crippen LogP contribution in [0, 0.1) is 0 Å². The summed E-state index contributed by atoms with van der Waals surface area (Å²) in [7, 11) is 1.68. The molecule has 0 saturated heterocycles. The zero-order valence-electron chi connectivity index (χ0n) is 10.3. The third-order valence-electron chi connectivity index (χ3n) is 2.35. The van der Waals surface area contributed by atoms with Gasteiger partial charge in [-0.05, 0) is 17.0 Å². The lowest BCUT2D eigenvalue weighted by Gasteiger charge is -2.23. The predicted octanol–water partition coefficient (Wildman–Crippen LogP) is 1.85. The number of anilines is 1. The molecular formula is C12H20N4. The Bertz CT molecular complexity index is 377. The zero-order valence-corrected chi connectivity index (χ0v) is 10.3. The van der Waals surface area contributed by atoms with Gasteiger partial charge in [0.15, 0.2) is 0 Å². The van der Waals surface area contributed by atoms with Crippen LogP contribution in [0.3, 0.4) is 0 Å². The topological polar surface area (TPSA) is 62.4 Å². The first-order valence-electron chi connectivity index (χ1n) is 5.29. The summed E-state index contributed by atoms with van der Waals surface area (Å²) in [4.78, 5) is 3.99. The average Bonchev–Trinajstić information content (AvgIpc) is 2.25. The highest BCUT2D eigenvalue weighted by atomic mass is 15.3. The van der Waals surface area contributed by atoms with Gasteiger partial charge in [0, 0.05) is 12.7 Å². The van der Waals surface area contributed by atoms with E-state index in [0.29, 0.717) is 5.96 Å². The number of aliphatic imine (C=N–C) groups is 1. The second-order valence-electron chi connectivity index (χ2n) is 4.64. The summed E-state index contributed by atoms with van der Waals surface area (Å²) in [6.07, 6.45) is 0. The first kappa shape index (κ1) is 12.5. The van der Waals surface area contributed by atoms with Gasteiger partial charge in [0.2, 0.25) is 5.96 Å². The lowest BCUT2D eigenvalue weighted by molar-refractivity contribution is 0.592. The van der Waals surface area contributed by atoms with Gasteiger partial charge in [-0.2, -0.15) is 0 Å². The first-order valence-corrected chi connectivity index (χ1v) is 5.29. The lowest BCUT2D eigenvalue weighted by atomic mass is 9.86. The number of nitrogens with zero attached hydrogens (tertiary/aromatic N) is 1. The van der Waals surface area contributed by atoms with E-state index in [2.05, 4.69) is 42.6 Å².